The largest absolute Gasteiger partial charge is 0.271 e. The zero-order valence-corrected chi connectivity index (χ0v) is 8.84. The van der Waals surface area contributed by atoms with Gasteiger partial charge in [0.15, 0.2) is 0 Å². The minimum atomic E-state index is -0.282. The smallest absolute Gasteiger partial charge is 0.261 e. The third-order valence-corrected chi connectivity index (χ3v) is 2.99. The molecule has 5 heteroatoms. The minimum absolute atomic E-state index is 0.0559. The molecule has 0 spiro atoms. The lowest BCUT2D eigenvalue weighted by atomic mass is 10.1. The van der Waals surface area contributed by atoms with Gasteiger partial charge in [-0.15, -0.1) is 0 Å². The lowest BCUT2D eigenvalue weighted by Crippen LogP contribution is -2.31. The van der Waals surface area contributed by atoms with Crippen LogP contribution in [0.1, 0.15) is 33.6 Å². The summed E-state index contributed by atoms with van der Waals surface area (Å²) in [6.45, 7) is 0. The molecule has 0 radical (unpaired) electrons. The first kappa shape index (κ1) is 9.93. The molecule has 0 unspecified atom stereocenters. The summed E-state index contributed by atoms with van der Waals surface area (Å²) in [6, 6.07) is 4.59. The average Bonchev–Trinajstić information content (AvgIpc) is 3.10. The molecule has 0 N–H and O–H groups in total. The van der Waals surface area contributed by atoms with E-state index in [1.165, 1.54) is 29.2 Å². The van der Waals surface area contributed by atoms with E-state index >= 15 is 0 Å². The van der Waals surface area contributed by atoms with Crippen molar-refractivity contribution >= 4 is 23.6 Å². The van der Waals surface area contributed by atoms with Crippen LogP contribution in [0.5, 0.6) is 0 Å². The maximum absolute atomic E-state index is 12.0. The molecule has 0 aromatic heterocycles. The van der Waals surface area contributed by atoms with Crippen LogP contribution in [0.2, 0.25) is 0 Å². The van der Waals surface area contributed by atoms with Crippen molar-refractivity contribution in [3.63, 3.8) is 0 Å². The quantitative estimate of drug-likeness (QED) is 0.436. The van der Waals surface area contributed by atoms with Gasteiger partial charge in [-0.05, 0) is 31.0 Å². The van der Waals surface area contributed by atoms with Crippen LogP contribution in [0.3, 0.4) is 0 Å². The van der Waals surface area contributed by atoms with E-state index in [0.717, 1.165) is 12.8 Å². The Balaban J connectivity index is 2.08. The van der Waals surface area contributed by atoms with Crippen molar-refractivity contribution in [1.82, 2.24) is 4.90 Å². The molecule has 0 saturated heterocycles. The molecule has 84 valence electrons. The maximum atomic E-state index is 12.0. The van der Waals surface area contributed by atoms with Crippen LogP contribution in [-0.4, -0.2) is 28.8 Å². The van der Waals surface area contributed by atoms with E-state index < -0.39 is 0 Å². The van der Waals surface area contributed by atoms with Crippen molar-refractivity contribution in [3.8, 4) is 0 Å². The lowest BCUT2D eigenvalue weighted by molar-refractivity contribution is 0.0642. The van der Waals surface area contributed by atoms with Gasteiger partial charge in [0, 0.05) is 6.04 Å². The summed E-state index contributed by atoms with van der Waals surface area (Å²) in [4.78, 5) is 38.9. The first-order valence-corrected chi connectivity index (χ1v) is 5.32. The van der Waals surface area contributed by atoms with Crippen molar-refractivity contribution in [2.45, 2.75) is 18.9 Å². The molecule has 1 heterocycles. The second kappa shape index (κ2) is 3.37. The number of carbonyl (C=O) groups is 2. The van der Waals surface area contributed by atoms with Gasteiger partial charge >= 0.3 is 0 Å². The molecule has 0 bridgehead atoms. The third kappa shape index (κ3) is 1.40. The summed E-state index contributed by atoms with van der Waals surface area (Å²) in [6.07, 6.45) is 3.17. The van der Waals surface area contributed by atoms with Crippen molar-refractivity contribution < 1.29 is 14.4 Å². The van der Waals surface area contributed by atoms with E-state index in [1.54, 1.807) is 0 Å². The highest BCUT2D eigenvalue weighted by Crippen LogP contribution is 2.35. The topological polar surface area (TPSA) is 66.8 Å². The summed E-state index contributed by atoms with van der Waals surface area (Å²) in [7, 11) is 0. The van der Waals surface area contributed by atoms with Crippen LogP contribution < -0.4 is 0 Å². The molecule has 1 aromatic rings. The number of amides is 2. The van der Waals surface area contributed by atoms with Gasteiger partial charge in [0.05, 0.1) is 16.8 Å². The summed E-state index contributed by atoms with van der Waals surface area (Å²) >= 11 is 0. The monoisotopic (exact) mass is 228 g/mol. The van der Waals surface area contributed by atoms with Gasteiger partial charge in [-0.3, -0.25) is 14.5 Å². The van der Waals surface area contributed by atoms with Gasteiger partial charge < -0.3 is 0 Å². The van der Waals surface area contributed by atoms with E-state index in [-0.39, 0.29) is 17.9 Å². The summed E-state index contributed by atoms with van der Waals surface area (Å²) < 4.78 is 0. The van der Waals surface area contributed by atoms with E-state index in [2.05, 4.69) is 4.99 Å². The van der Waals surface area contributed by atoms with Crippen molar-refractivity contribution in [1.29, 1.82) is 0 Å². The molecule has 17 heavy (non-hydrogen) atoms. The molecule has 1 aromatic carbocycles. The number of isocyanates is 1. The molecule has 2 aliphatic rings. The molecule has 5 nitrogen and oxygen atoms in total. The Labute approximate surface area is 96.7 Å². The summed E-state index contributed by atoms with van der Waals surface area (Å²) in [5.41, 5.74) is 1.07. The highest BCUT2D eigenvalue weighted by molar-refractivity contribution is 6.22. The zero-order valence-electron chi connectivity index (χ0n) is 8.84. The van der Waals surface area contributed by atoms with Crippen LogP contribution >= 0.6 is 0 Å². The highest BCUT2D eigenvalue weighted by atomic mass is 16.2. The number of nitrogens with zero attached hydrogens (tertiary/aromatic N) is 2. The van der Waals surface area contributed by atoms with E-state index in [1.807, 2.05) is 0 Å². The number of carbonyl (C=O) groups excluding carboxylic acids is 3. The normalized spacial score (nSPS) is 18.0. The zero-order chi connectivity index (χ0) is 12.0. The molecule has 1 aliphatic heterocycles. The molecular formula is C12H8N2O3. The Morgan fingerprint density at radius 2 is 1.88 bits per heavy atom. The van der Waals surface area contributed by atoms with Crippen molar-refractivity contribution in [2.75, 3.05) is 0 Å². The minimum Gasteiger partial charge on any atom is -0.271 e. The van der Waals surface area contributed by atoms with Gasteiger partial charge in [-0.2, -0.15) is 4.99 Å². The Morgan fingerprint density at radius 1 is 1.18 bits per heavy atom. The van der Waals surface area contributed by atoms with Crippen LogP contribution in [0.4, 0.5) is 5.69 Å². The third-order valence-electron chi connectivity index (χ3n) is 2.99. The molecule has 1 saturated carbocycles. The molecule has 2 amide bonds. The van der Waals surface area contributed by atoms with E-state index in [0.29, 0.717) is 16.8 Å². The lowest BCUT2D eigenvalue weighted by Gasteiger charge is -2.11. The van der Waals surface area contributed by atoms with Crippen LogP contribution in [0.25, 0.3) is 0 Å². The highest BCUT2D eigenvalue weighted by Gasteiger charge is 2.44. The van der Waals surface area contributed by atoms with Crippen molar-refractivity contribution in [3.05, 3.63) is 29.3 Å². The Bertz CT molecular complexity index is 583. The first-order valence-electron chi connectivity index (χ1n) is 5.32. The molecule has 1 aliphatic carbocycles. The van der Waals surface area contributed by atoms with E-state index in [9.17, 15) is 14.4 Å². The first-order chi connectivity index (χ1) is 8.22. The average molecular weight is 228 g/mol. The number of benzene rings is 1. The number of aliphatic imine (C=N–C) groups is 1. The SMILES string of the molecule is O=C=Nc1ccc2c(c1)C(=O)N(C1CC1)C2=O. The van der Waals surface area contributed by atoms with Gasteiger partial charge in [0.2, 0.25) is 6.08 Å². The van der Waals surface area contributed by atoms with Crippen LogP contribution in [-0.2, 0) is 4.79 Å². The fourth-order valence-electron chi connectivity index (χ4n) is 2.03. The van der Waals surface area contributed by atoms with Gasteiger partial charge in [-0.1, -0.05) is 0 Å². The summed E-state index contributed by atoms with van der Waals surface area (Å²) in [5.74, 6) is -0.524. The molecule has 0 atom stereocenters. The standard InChI is InChI=1S/C12H8N2O3/c15-6-13-7-1-4-9-10(5-7)12(17)14(11(9)16)8-2-3-8/h1,4-5,8H,2-3H2. The fraction of sp³-hybridized carbons (Fsp3) is 0.250. The maximum Gasteiger partial charge on any atom is 0.261 e. The molecule has 3 rings (SSSR count). The van der Waals surface area contributed by atoms with Crippen LogP contribution in [0.15, 0.2) is 23.2 Å². The van der Waals surface area contributed by atoms with Gasteiger partial charge in [-0.25, -0.2) is 4.79 Å². The predicted molar refractivity (Wildman–Crippen MR) is 57.7 cm³/mol. The van der Waals surface area contributed by atoms with Crippen LogP contribution in [0, 0.1) is 0 Å². The van der Waals surface area contributed by atoms with E-state index in [4.69, 9.17) is 0 Å². The summed E-state index contributed by atoms with van der Waals surface area (Å²) in [5, 5.41) is 0. The second-order valence-corrected chi connectivity index (χ2v) is 4.14. The second-order valence-electron chi connectivity index (χ2n) is 4.14. The Kier molecular flexibility index (Phi) is 1.97. The Hall–Kier alpha value is -2.26. The molecular weight excluding hydrogens is 220 g/mol. The number of rotatable bonds is 2. The Morgan fingerprint density at radius 3 is 2.53 bits per heavy atom. The number of hydrogen-bond donors (Lipinski definition) is 0. The predicted octanol–water partition coefficient (Wildman–Crippen LogP) is 1.41. The fourth-order valence-corrected chi connectivity index (χ4v) is 2.03. The number of hydrogen-bond acceptors (Lipinski definition) is 4. The van der Waals surface area contributed by atoms with Gasteiger partial charge in [0.25, 0.3) is 11.8 Å². The molecule has 1 fully saturated rings. The number of imide groups is 1. The number of fused-ring (bicyclic) bond motifs is 1. The van der Waals surface area contributed by atoms with Crippen molar-refractivity contribution in [2.24, 2.45) is 4.99 Å². The van der Waals surface area contributed by atoms with Gasteiger partial charge in [0.1, 0.15) is 0 Å².